The summed E-state index contributed by atoms with van der Waals surface area (Å²) in [7, 11) is 0. The molecule has 0 amide bonds. The topological polar surface area (TPSA) is 15.7 Å². The molecule has 0 aliphatic carbocycles. The molecule has 2 rings (SSSR count). The van der Waals surface area contributed by atoms with Crippen molar-refractivity contribution < 1.29 is 4.74 Å². The van der Waals surface area contributed by atoms with E-state index in [4.69, 9.17) is 4.74 Å². The molecular formula is C13H25N2O. The molecule has 2 saturated heterocycles. The van der Waals surface area contributed by atoms with Gasteiger partial charge in [0.25, 0.3) is 0 Å². The summed E-state index contributed by atoms with van der Waals surface area (Å²) in [5.74, 6) is 0. The Morgan fingerprint density at radius 2 is 1.69 bits per heavy atom. The fraction of sp³-hybridized carbons (Fsp3) is 0.923. The molecule has 2 aliphatic heterocycles. The predicted molar refractivity (Wildman–Crippen MR) is 66.5 cm³/mol. The number of rotatable bonds is 6. The molecule has 93 valence electrons. The standard InChI is InChI=1S/C13H25N2O/c1(2-6-14-8-4-5-9-14)3-7-15-10-12-16-13-11-15/h3H,1-2,4-13H2. The van der Waals surface area contributed by atoms with Crippen molar-refractivity contribution in [3.05, 3.63) is 6.42 Å². The summed E-state index contributed by atoms with van der Waals surface area (Å²) in [5.41, 5.74) is 0. The second-order valence-corrected chi connectivity index (χ2v) is 4.89. The number of hydrogen-bond donors (Lipinski definition) is 0. The van der Waals surface area contributed by atoms with Crippen molar-refractivity contribution in [2.75, 3.05) is 52.5 Å². The van der Waals surface area contributed by atoms with Crippen molar-refractivity contribution in [1.82, 2.24) is 9.80 Å². The average molecular weight is 225 g/mol. The molecule has 0 spiro atoms. The van der Waals surface area contributed by atoms with Crippen LogP contribution in [-0.4, -0.2) is 62.3 Å². The molecule has 0 aromatic heterocycles. The lowest BCUT2D eigenvalue weighted by Crippen LogP contribution is -2.37. The minimum Gasteiger partial charge on any atom is -0.379 e. The maximum absolute atomic E-state index is 5.33. The molecule has 1 radical (unpaired) electrons. The third-order valence-electron chi connectivity index (χ3n) is 3.57. The first-order valence-electron chi connectivity index (χ1n) is 6.79. The summed E-state index contributed by atoms with van der Waals surface area (Å²) in [5, 5.41) is 0. The van der Waals surface area contributed by atoms with Gasteiger partial charge >= 0.3 is 0 Å². The van der Waals surface area contributed by atoms with Crippen molar-refractivity contribution in [2.45, 2.75) is 25.7 Å². The number of hydrogen-bond acceptors (Lipinski definition) is 3. The summed E-state index contributed by atoms with van der Waals surface area (Å²) in [6.45, 7) is 9.20. The average Bonchev–Trinajstić information content (AvgIpc) is 2.83. The van der Waals surface area contributed by atoms with Crippen LogP contribution in [0.4, 0.5) is 0 Å². The van der Waals surface area contributed by atoms with Crippen LogP contribution in [0.1, 0.15) is 25.7 Å². The Morgan fingerprint density at radius 3 is 2.44 bits per heavy atom. The van der Waals surface area contributed by atoms with E-state index in [1.165, 1.54) is 45.3 Å². The van der Waals surface area contributed by atoms with E-state index in [1.54, 1.807) is 0 Å². The lowest BCUT2D eigenvalue weighted by atomic mass is 10.2. The Labute approximate surface area is 99.7 Å². The highest BCUT2D eigenvalue weighted by atomic mass is 16.5. The van der Waals surface area contributed by atoms with Gasteiger partial charge in [0.05, 0.1) is 13.2 Å². The Balaban J connectivity index is 1.42. The first kappa shape index (κ1) is 12.3. The first-order valence-corrected chi connectivity index (χ1v) is 6.79. The van der Waals surface area contributed by atoms with Crippen LogP contribution < -0.4 is 0 Å². The highest BCUT2D eigenvalue weighted by molar-refractivity contribution is 4.74. The lowest BCUT2D eigenvalue weighted by Gasteiger charge is -2.26. The molecular weight excluding hydrogens is 200 g/mol. The molecule has 3 heteroatoms. The smallest absolute Gasteiger partial charge is 0.0594 e. The van der Waals surface area contributed by atoms with Gasteiger partial charge in [0.2, 0.25) is 0 Å². The number of likely N-dealkylation sites (tertiary alicyclic amines) is 1. The van der Waals surface area contributed by atoms with E-state index in [0.717, 1.165) is 32.8 Å². The molecule has 2 heterocycles. The van der Waals surface area contributed by atoms with Crippen LogP contribution in [0.3, 0.4) is 0 Å². The summed E-state index contributed by atoms with van der Waals surface area (Å²) < 4.78 is 5.33. The van der Waals surface area contributed by atoms with Crippen molar-refractivity contribution in [3.8, 4) is 0 Å². The largest absolute Gasteiger partial charge is 0.379 e. The van der Waals surface area contributed by atoms with E-state index in [-0.39, 0.29) is 0 Å². The molecule has 0 saturated carbocycles. The lowest BCUT2D eigenvalue weighted by molar-refractivity contribution is 0.0415. The first-order chi connectivity index (χ1) is 7.95. The third kappa shape index (κ3) is 4.40. The number of ether oxygens (including phenoxy) is 1. The molecule has 0 aromatic carbocycles. The number of unbranched alkanes of at least 4 members (excludes halogenated alkanes) is 2. The summed E-state index contributed by atoms with van der Waals surface area (Å²) in [6.07, 6.45) is 7.88. The van der Waals surface area contributed by atoms with Crippen LogP contribution in [0.2, 0.25) is 0 Å². The number of nitrogens with zero attached hydrogens (tertiary/aromatic N) is 2. The monoisotopic (exact) mass is 225 g/mol. The Morgan fingerprint density at radius 1 is 0.938 bits per heavy atom. The van der Waals surface area contributed by atoms with Crippen LogP contribution in [0.5, 0.6) is 0 Å². The molecule has 0 bridgehead atoms. The molecule has 0 N–H and O–H groups in total. The SMILES string of the molecule is [CH](CCCN1CCCC1)CN1CCOCC1. The molecule has 0 atom stereocenters. The van der Waals surface area contributed by atoms with E-state index >= 15 is 0 Å². The van der Waals surface area contributed by atoms with Crippen molar-refractivity contribution in [1.29, 1.82) is 0 Å². The summed E-state index contributed by atoms with van der Waals surface area (Å²) in [4.78, 5) is 5.09. The zero-order valence-electron chi connectivity index (χ0n) is 10.4. The molecule has 2 aliphatic rings. The zero-order chi connectivity index (χ0) is 11.1. The van der Waals surface area contributed by atoms with Gasteiger partial charge in [0.15, 0.2) is 0 Å². The van der Waals surface area contributed by atoms with Crippen LogP contribution in [-0.2, 0) is 4.74 Å². The van der Waals surface area contributed by atoms with Crippen LogP contribution in [0, 0.1) is 6.42 Å². The maximum Gasteiger partial charge on any atom is 0.0594 e. The highest BCUT2D eigenvalue weighted by Crippen LogP contribution is 2.09. The maximum atomic E-state index is 5.33. The Hall–Kier alpha value is -0.120. The van der Waals surface area contributed by atoms with Gasteiger partial charge in [-0.3, -0.25) is 4.90 Å². The van der Waals surface area contributed by atoms with E-state index < -0.39 is 0 Å². The predicted octanol–water partition coefficient (Wildman–Crippen LogP) is 1.40. The van der Waals surface area contributed by atoms with E-state index in [0.29, 0.717) is 0 Å². The second-order valence-electron chi connectivity index (χ2n) is 4.89. The molecule has 0 aromatic rings. The van der Waals surface area contributed by atoms with Gasteiger partial charge in [-0.15, -0.1) is 0 Å². The van der Waals surface area contributed by atoms with E-state index in [1.807, 2.05) is 0 Å². The Bertz CT molecular complexity index is 175. The van der Waals surface area contributed by atoms with E-state index in [9.17, 15) is 0 Å². The Kier molecular flexibility index (Phi) is 5.59. The molecule has 0 unspecified atom stereocenters. The number of morpholine rings is 1. The zero-order valence-corrected chi connectivity index (χ0v) is 10.4. The normalized spacial score (nSPS) is 24.0. The van der Waals surface area contributed by atoms with Crippen LogP contribution in [0.15, 0.2) is 0 Å². The second kappa shape index (κ2) is 7.25. The fourth-order valence-corrected chi connectivity index (χ4v) is 2.52. The molecule has 16 heavy (non-hydrogen) atoms. The van der Waals surface area contributed by atoms with Gasteiger partial charge < -0.3 is 9.64 Å². The minimum absolute atomic E-state index is 0.918. The van der Waals surface area contributed by atoms with Crippen molar-refractivity contribution in [3.63, 3.8) is 0 Å². The molecule has 2 fully saturated rings. The van der Waals surface area contributed by atoms with Gasteiger partial charge in [0, 0.05) is 19.6 Å². The van der Waals surface area contributed by atoms with Crippen molar-refractivity contribution in [2.24, 2.45) is 0 Å². The van der Waals surface area contributed by atoms with Crippen LogP contribution in [0.25, 0.3) is 0 Å². The van der Waals surface area contributed by atoms with Gasteiger partial charge in [-0.25, -0.2) is 0 Å². The quantitative estimate of drug-likeness (QED) is 0.636. The minimum atomic E-state index is 0.918. The van der Waals surface area contributed by atoms with Gasteiger partial charge in [-0.2, -0.15) is 0 Å². The van der Waals surface area contributed by atoms with Crippen molar-refractivity contribution >= 4 is 0 Å². The van der Waals surface area contributed by atoms with Crippen LogP contribution >= 0.6 is 0 Å². The van der Waals surface area contributed by atoms with Gasteiger partial charge in [0.1, 0.15) is 0 Å². The third-order valence-corrected chi connectivity index (χ3v) is 3.57. The fourth-order valence-electron chi connectivity index (χ4n) is 2.52. The summed E-state index contributed by atoms with van der Waals surface area (Å²) in [6, 6.07) is 0. The highest BCUT2D eigenvalue weighted by Gasteiger charge is 2.11. The van der Waals surface area contributed by atoms with E-state index in [2.05, 4.69) is 16.2 Å². The summed E-state index contributed by atoms with van der Waals surface area (Å²) >= 11 is 0. The molecule has 3 nitrogen and oxygen atoms in total. The van der Waals surface area contributed by atoms with Gasteiger partial charge in [-0.1, -0.05) is 0 Å². The van der Waals surface area contributed by atoms with Gasteiger partial charge in [-0.05, 0) is 51.7 Å².